The number of imidazole rings is 1. The summed E-state index contributed by atoms with van der Waals surface area (Å²) in [5, 5.41) is 0. The van der Waals surface area contributed by atoms with E-state index in [0.29, 0.717) is 5.92 Å². The number of piperidine rings is 1. The smallest absolute Gasteiger partial charge is 0.209 e. The molecule has 1 fully saturated rings. The minimum atomic E-state index is 0.348. The van der Waals surface area contributed by atoms with Gasteiger partial charge in [0.05, 0.1) is 11.0 Å². The number of aromatic amines is 1. The van der Waals surface area contributed by atoms with E-state index in [2.05, 4.69) is 9.97 Å². The summed E-state index contributed by atoms with van der Waals surface area (Å²) in [5.41, 5.74) is 2.08. The van der Waals surface area contributed by atoms with Crippen molar-refractivity contribution in [3.8, 4) is 0 Å². The van der Waals surface area contributed by atoms with Crippen molar-refractivity contribution >= 4 is 17.4 Å². The second kappa shape index (κ2) is 4.20. The fourth-order valence-electron chi connectivity index (χ4n) is 2.49. The van der Waals surface area contributed by atoms with Crippen molar-refractivity contribution in [1.82, 2.24) is 14.9 Å². The molecule has 3 rings (SSSR count). The van der Waals surface area contributed by atoms with E-state index in [4.69, 9.17) is 0 Å². The normalized spacial score (nSPS) is 20.7. The number of para-hydroxylation sites is 2. The molecule has 0 saturated carbocycles. The zero-order chi connectivity index (χ0) is 11.7. The van der Waals surface area contributed by atoms with Gasteiger partial charge in [0.1, 0.15) is 5.82 Å². The van der Waals surface area contributed by atoms with Gasteiger partial charge < -0.3 is 9.88 Å². The highest BCUT2D eigenvalue weighted by atomic mass is 16.1. The second-order valence-corrected chi connectivity index (χ2v) is 4.58. The number of hydrogen-bond donors (Lipinski definition) is 1. The molecule has 1 aliphatic rings. The Hall–Kier alpha value is -1.84. The lowest BCUT2D eigenvalue weighted by Crippen LogP contribution is -2.33. The fraction of sp³-hybridized carbons (Fsp3) is 0.385. The molecule has 88 valence electrons. The predicted octanol–water partition coefficient (Wildman–Crippen LogP) is 1.90. The van der Waals surface area contributed by atoms with Gasteiger partial charge in [0.25, 0.3) is 0 Å². The molecule has 0 bridgehead atoms. The van der Waals surface area contributed by atoms with Crippen LogP contribution in [-0.2, 0) is 4.79 Å². The first kappa shape index (κ1) is 10.3. The van der Waals surface area contributed by atoms with Crippen LogP contribution >= 0.6 is 0 Å². The molecular formula is C13H15N3O. The highest BCUT2D eigenvalue weighted by Gasteiger charge is 2.22. The molecule has 0 spiro atoms. The molecule has 2 aromatic rings. The number of fused-ring (bicyclic) bond motifs is 1. The summed E-state index contributed by atoms with van der Waals surface area (Å²) in [4.78, 5) is 20.6. The number of aromatic nitrogens is 2. The number of benzene rings is 1. The Bertz CT molecular complexity index is 501. The molecule has 1 saturated heterocycles. The van der Waals surface area contributed by atoms with Gasteiger partial charge in [-0.2, -0.15) is 0 Å². The van der Waals surface area contributed by atoms with E-state index >= 15 is 0 Å². The minimum absolute atomic E-state index is 0.348. The number of likely N-dealkylation sites (tertiary alicyclic amines) is 1. The zero-order valence-corrected chi connectivity index (χ0v) is 9.60. The van der Waals surface area contributed by atoms with Crippen molar-refractivity contribution in [3.05, 3.63) is 30.1 Å². The summed E-state index contributed by atoms with van der Waals surface area (Å²) in [7, 11) is 0. The Balaban J connectivity index is 1.90. The predicted molar refractivity (Wildman–Crippen MR) is 65.7 cm³/mol. The first-order valence-electron chi connectivity index (χ1n) is 6.01. The van der Waals surface area contributed by atoms with E-state index in [0.717, 1.165) is 49.2 Å². The Morgan fingerprint density at radius 1 is 1.41 bits per heavy atom. The van der Waals surface area contributed by atoms with Crippen molar-refractivity contribution < 1.29 is 4.79 Å². The summed E-state index contributed by atoms with van der Waals surface area (Å²) in [6.45, 7) is 1.66. The highest BCUT2D eigenvalue weighted by Crippen LogP contribution is 2.25. The van der Waals surface area contributed by atoms with E-state index in [1.54, 1.807) is 0 Å². The van der Waals surface area contributed by atoms with E-state index in [1.165, 1.54) is 0 Å². The van der Waals surface area contributed by atoms with Gasteiger partial charge in [-0.05, 0) is 25.0 Å². The molecule has 1 unspecified atom stereocenters. The lowest BCUT2D eigenvalue weighted by atomic mass is 9.98. The topological polar surface area (TPSA) is 49.0 Å². The lowest BCUT2D eigenvalue weighted by Gasteiger charge is -2.28. The molecule has 1 amide bonds. The van der Waals surface area contributed by atoms with Crippen molar-refractivity contribution in [3.63, 3.8) is 0 Å². The molecule has 1 atom stereocenters. The average molecular weight is 229 g/mol. The van der Waals surface area contributed by atoms with Crippen LogP contribution < -0.4 is 0 Å². The van der Waals surface area contributed by atoms with Crippen LogP contribution in [0.25, 0.3) is 11.0 Å². The van der Waals surface area contributed by atoms with Crippen LogP contribution in [0.4, 0.5) is 0 Å². The number of nitrogens with one attached hydrogen (secondary N) is 1. The lowest BCUT2D eigenvalue weighted by molar-refractivity contribution is -0.119. The van der Waals surface area contributed by atoms with Crippen LogP contribution in [0.2, 0.25) is 0 Å². The van der Waals surface area contributed by atoms with Crippen molar-refractivity contribution in [2.75, 3.05) is 13.1 Å². The third-order valence-electron chi connectivity index (χ3n) is 3.40. The Morgan fingerprint density at radius 2 is 2.29 bits per heavy atom. The van der Waals surface area contributed by atoms with Gasteiger partial charge in [0.15, 0.2) is 0 Å². The number of nitrogens with zero attached hydrogens (tertiary/aromatic N) is 2. The first-order chi connectivity index (χ1) is 8.36. The molecule has 1 aliphatic heterocycles. The second-order valence-electron chi connectivity index (χ2n) is 4.58. The zero-order valence-electron chi connectivity index (χ0n) is 9.60. The highest BCUT2D eigenvalue weighted by molar-refractivity contribution is 5.74. The summed E-state index contributed by atoms with van der Waals surface area (Å²) in [6, 6.07) is 8.04. The maximum absolute atomic E-state index is 10.8. The summed E-state index contributed by atoms with van der Waals surface area (Å²) < 4.78 is 0. The Morgan fingerprint density at radius 3 is 3.12 bits per heavy atom. The maximum Gasteiger partial charge on any atom is 0.209 e. The van der Waals surface area contributed by atoms with E-state index < -0.39 is 0 Å². The molecule has 1 N–H and O–H groups in total. The average Bonchev–Trinajstić information content (AvgIpc) is 2.82. The summed E-state index contributed by atoms with van der Waals surface area (Å²) >= 11 is 0. The number of amides is 1. The molecular weight excluding hydrogens is 214 g/mol. The van der Waals surface area contributed by atoms with Crippen LogP contribution in [0.15, 0.2) is 24.3 Å². The number of H-pyrrole nitrogens is 1. The van der Waals surface area contributed by atoms with Crippen LogP contribution in [0.5, 0.6) is 0 Å². The number of hydrogen-bond acceptors (Lipinski definition) is 2. The molecule has 2 heterocycles. The molecule has 4 heteroatoms. The Labute approximate surface area is 99.6 Å². The van der Waals surface area contributed by atoms with Gasteiger partial charge in [0, 0.05) is 19.0 Å². The molecule has 1 aromatic carbocycles. The molecule has 0 aliphatic carbocycles. The molecule has 4 nitrogen and oxygen atoms in total. The van der Waals surface area contributed by atoms with Crippen molar-refractivity contribution in [2.45, 2.75) is 18.8 Å². The first-order valence-corrected chi connectivity index (χ1v) is 6.01. The monoisotopic (exact) mass is 229 g/mol. The van der Waals surface area contributed by atoms with Crippen molar-refractivity contribution in [1.29, 1.82) is 0 Å². The number of carbonyl (C=O) groups excluding carboxylic acids is 1. The molecule has 17 heavy (non-hydrogen) atoms. The van der Waals surface area contributed by atoms with Gasteiger partial charge in [-0.25, -0.2) is 4.98 Å². The standard InChI is InChI=1S/C13H15N3O/c17-9-16-7-3-4-10(8-16)13-14-11-5-1-2-6-12(11)15-13/h1-2,5-6,9-10H,3-4,7-8H2,(H,14,15). The number of rotatable bonds is 2. The van der Waals surface area contributed by atoms with Crippen LogP contribution in [-0.4, -0.2) is 34.4 Å². The van der Waals surface area contributed by atoms with Crippen molar-refractivity contribution in [2.24, 2.45) is 0 Å². The number of carbonyl (C=O) groups is 1. The van der Waals surface area contributed by atoms with Crippen LogP contribution in [0.3, 0.4) is 0 Å². The Kier molecular flexibility index (Phi) is 2.55. The van der Waals surface area contributed by atoms with E-state index in [1.807, 2.05) is 29.2 Å². The van der Waals surface area contributed by atoms with Gasteiger partial charge in [-0.1, -0.05) is 12.1 Å². The largest absolute Gasteiger partial charge is 0.345 e. The van der Waals surface area contributed by atoms with Crippen LogP contribution in [0.1, 0.15) is 24.6 Å². The van der Waals surface area contributed by atoms with Crippen LogP contribution in [0, 0.1) is 0 Å². The SMILES string of the molecule is O=CN1CCCC(c2nc3ccccc3[nH]2)C1. The third kappa shape index (κ3) is 1.90. The summed E-state index contributed by atoms with van der Waals surface area (Å²) in [6.07, 6.45) is 3.10. The fourth-order valence-corrected chi connectivity index (χ4v) is 2.49. The molecule has 1 aromatic heterocycles. The van der Waals surface area contributed by atoms with Gasteiger partial charge in [0.2, 0.25) is 6.41 Å². The minimum Gasteiger partial charge on any atom is -0.345 e. The molecule has 0 radical (unpaired) electrons. The van der Waals surface area contributed by atoms with Gasteiger partial charge in [-0.3, -0.25) is 4.79 Å². The van der Waals surface area contributed by atoms with Gasteiger partial charge in [-0.15, -0.1) is 0 Å². The van der Waals surface area contributed by atoms with Gasteiger partial charge >= 0.3 is 0 Å². The van der Waals surface area contributed by atoms with E-state index in [-0.39, 0.29) is 0 Å². The summed E-state index contributed by atoms with van der Waals surface area (Å²) in [5.74, 6) is 1.36. The quantitative estimate of drug-likeness (QED) is 0.799. The van der Waals surface area contributed by atoms with E-state index in [9.17, 15) is 4.79 Å². The maximum atomic E-state index is 10.8. The third-order valence-corrected chi connectivity index (χ3v) is 3.40.